The van der Waals surface area contributed by atoms with E-state index in [9.17, 15) is 5.26 Å². The van der Waals surface area contributed by atoms with Gasteiger partial charge in [-0.25, -0.2) is 0 Å². The Morgan fingerprint density at radius 1 is 0.667 bits per heavy atom. The number of hydrogen-bond acceptors (Lipinski definition) is 5. The Morgan fingerprint density at radius 3 is 1.79 bits per heavy atom. The summed E-state index contributed by atoms with van der Waals surface area (Å²) >= 11 is 0. The van der Waals surface area contributed by atoms with Crippen molar-refractivity contribution in [3.05, 3.63) is 72.3 Å². The van der Waals surface area contributed by atoms with Crippen molar-refractivity contribution in [1.82, 2.24) is 0 Å². The lowest BCUT2D eigenvalue weighted by Gasteiger charge is -2.15. The van der Waals surface area contributed by atoms with Crippen molar-refractivity contribution in [2.45, 2.75) is 0 Å². The molecule has 0 unspecified atom stereocenters. The number of benzene rings is 3. The number of nitriles is 1. The van der Waals surface area contributed by atoms with Gasteiger partial charge in [-0.05, 0) is 36.4 Å². The van der Waals surface area contributed by atoms with E-state index in [4.69, 9.17) is 20.9 Å². The minimum Gasteiger partial charge on any atom is -0.451 e. The third-order valence-electron chi connectivity index (χ3n) is 3.37. The monoisotopic (exact) mass is 317 g/mol. The van der Waals surface area contributed by atoms with Crippen LogP contribution in [0.4, 0.5) is 11.4 Å². The fraction of sp³-hybridized carbons (Fsp3) is 0. The molecule has 3 aromatic rings. The summed E-state index contributed by atoms with van der Waals surface area (Å²) < 4.78 is 11.7. The molecule has 0 aromatic heterocycles. The summed E-state index contributed by atoms with van der Waals surface area (Å²) in [6.45, 7) is 0. The van der Waals surface area contributed by atoms with Gasteiger partial charge in [0.2, 0.25) is 0 Å². The van der Waals surface area contributed by atoms with E-state index in [1.807, 2.05) is 12.1 Å². The fourth-order valence-corrected chi connectivity index (χ4v) is 2.16. The number of para-hydroxylation sites is 5. The highest BCUT2D eigenvalue weighted by Gasteiger charge is 2.15. The summed E-state index contributed by atoms with van der Waals surface area (Å²) in [4.78, 5) is 0. The third-order valence-corrected chi connectivity index (χ3v) is 3.37. The predicted octanol–water partition coefficient (Wildman–Crippen LogP) is 4.31. The highest BCUT2D eigenvalue weighted by molar-refractivity contribution is 5.61. The summed E-state index contributed by atoms with van der Waals surface area (Å²) in [7, 11) is 0. The van der Waals surface area contributed by atoms with Crippen LogP contribution in [0.2, 0.25) is 0 Å². The molecule has 4 N–H and O–H groups in total. The van der Waals surface area contributed by atoms with Gasteiger partial charge in [0.15, 0.2) is 23.0 Å². The number of nitrogens with two attached hydrogens (primary N) is 2. The van der Waals surface area contributed by atoms with Gasteiger partial charge >= 0.3 is 0 Å². The van der Waals surface area contributed by atoms with Crippen molar-refractivity contribution >= 4 is 11.4 Å². The quantitative estimate of drug-likeness (QED) is 0.699. The minimum atomic E-state index is 0.293. The SMILES string of the molecule is N#Cc1cccc(Oc2ccccc2N)c1Oc1ccccc1N. The minimum absolute atomic E-state index is 0.293. The van der Waals surface area contributed by atoms with Gasteiger partial charge in [-0.15, -0.1) is 0 Å². The van der Waals surface area contributed by atoms with Crippen LogP contribution in [-0.2, 0) is 0 Å². The van der Waals surface area contributed by atoms with E-state index in [-0.39, 0.29) is 0 Å². The molecule has 0 bridgehead atoms. The summed E-state index contributed by atoms with van der Waals surface area (Å²) in [5.74, 6) is 1.61. The van der Waals surface area contributed by atoms with Crippen LogP contribution >= 0.6 is 0 Å². The Labute approximate surface area is 139 Å². The van der Waals surface area contributed by atoms with Gasteiger partial charge in [0.25, 0.3) is 0 Å². The van der Waals surface area contributed by atoms with Crippen molar-refractivity contribution in [2.75, 3.05) is 11.5 Å². The van der Waals surface area contributed by atoms with Gasteiger partial charge in [0.1, 0.15) is 6.07 Å². The molecule has 0 saturated carbocycles. The lowest BCUT2D eigenvalue weighted by Crippen LogP contribution is -1.97. The molecule has 0 aliphatic rings. The van der Waals surface area contributed by atoms with E-state index in [1.165, 1.54) is 0 Å². The predicted molar refractivity (Wildman–Crippen MR) is 93.0 cm³/mol. The molecule has 0 atom stereocenters. The zero-order valence-electron chi connectivity index (χ0n) is 12.8. The first kappa shape index (κ1) is 15.3. The molecule has 0 fully saturated rings. The smallest absolute Gasteiger partial charge is 0.187 e. The molecule has 0 saturated heterocycles. The zero-order chi connectivity index (χ0) is 16.9. The van der Waals surface area contributed by atoms with Crippen LogP contribution in [0.3, 0.4) is 0 Å². The highest BCUT2D eigenvalue weighted by atomic mass is 16.5. The second kappa shape index (κ2) is 6.63. The lowest BCUT2D eigenvalue weighted by atomic mass is 10.2. The van der Waals surface area contributed by atoms with E-state index in [0.717, 1.165) is 0 Å². The van der Waals surface area contributed by atoms with E-state index in [0.29, 0.717) is 39.9 Å². The van der Waals surface area contributed by atoms with Crippen LogP contribution in [0, 0.1) is 11.3 Å². The van der Waals surface area contributed by atoms with Crippen molar-refractivity contribution < 1.29 is 9.47 Å². The van der Waals surface area contributed by atoms with Crippen molar-refractivity contribution in [3.8, 4) is 29.1 Å². The molecular weight excluding hydrogens is 302 g/mol. The van der Waals surface area contributed by atoms with E-state index in [1.54, 1.807) is 54.6 Å². The van der Waals surface area contributed by atoms with Gasteiger partial charge in [-0.2, -0.15) is 5.26 Å². The molecule has 5 nitrogen and oxygen atoms in total. The normalized spacial score (nSPS) is 9.96. The molecule has 0 aliphatic carbocycles. The van der Waals surface area contributed by atoms with E-state index >= 15 is 0 Å². The maximum atomic E-state index is 9.37. The van der Waals surface area contributed by atoms with Crippen molar-refractivity contribution in [1.29, 1.82) is 5.26 Å². The number of ether oxygens (including phenoxy) is 2. The lowest BCUT2D eigenvalue weighted by molar-refractivity contribution is 0.420. The van der Waals surface area contributed by atoms with E-state index in [2.05, 4.69) is 6.07 Å². The third kappa shape index (κ3) is 3.08. The number of anilines is 2. The largest absolute Gasteiger partial charge is 0.451 e. The first-order valence-electron chi connectivity index (χ1n) is 7.27. The van der Waals surface area contributed by atoms with Gasteiger partial charge < -0.3 is 20.9 Å². The van der Waals surface area contributed by atoms with Gasteiger partial charge in [0, 0.05) is 0 Å². The second-order valence-electron chi connectivity index (χ2n) is 5.02. The zero-order valence-corrected chi connectivity index (χ0v) is 12.8. The highest BCUT2D eigenvalue weighted by Crippen LogP contribution is 2.40. The van der Waals surface area contributed by atoms with Crippen LogP contribution in [0.15, 0.2) is 66.7 Å². The van der Waals surface area contributed by atoms with Crippen LogP contribution in [0.25, 0.3) is 0 Å². The van der Waals surface area contributed by atoms with Crippen molar-refractivity contribution in [2.24, 2.45) is 0 Å². The molecule has 5 heteroatoms. The maximum Gasteiger partial charge on any atom is 0.187 e. The molecule has 118 valence electrons. The molecule has 3 aromatic carbocycles. The number of hydrogen-bond donors (Lipinski definition) is 2. The number of rotatable bonds is 4. The Bertz CT molecular complexity index is 916. The average Bonchev–Trinajstić information content (AvgIpc) is 2.60. The van der Waals surface area contributed by atoms with Crippen LogP contribution in [0.1, 0.15) is 5.56 Å². The molecule has 0 spiro atoms. The molecule has 3 rings (SSSR count). The summed E-state index contributed by atoms with van der Waals surface area (Å²) in [6, 6.07) is 21.3. The van der Waals surface area contributed by atoms with Gasteiger partial charge in [-0.1, -0.05) is 30.3 Å². The first-order chi connectivity index (χ1) is 11.7. The molecule has 0 aliphatic heterocycles. The molecule has 0 radical (unpaired) electrons. The van der Waals surface area contributed by atoms with Gasteiger partial charge in [-0.3, -0.25) is 0 Å². The number of nitrogen functional groups attached to an aromatic ring is 2. The van der Waals surface area contributed by atoms with Crippen LogP contribution in [-0.4, -0.2) is 0 Å². The molecule has 24 heavy (non-hydrogen) atoms. The molecular formula is C19H15N3O2. The molecule has 0 heterocycles. The first-order valence-corrected chi connectivity index (χ1v) is 7.27. The second-order valence-corrected chi connectivity index (χ2v) is 5.02. The summed E-state index contributed by atoms with van der Waals surface area (Å²) in [5.41, 5.74) is 13.1. The Hall–Kier alpha value is -3.65. The molecule has 0 amide bonds. The fourth-order valence-electron chi connectivity index (χ4n) is 2.16. The summed E-state index contributed by atoms with van der Waals surface area (Å²) in [5, 5.41) is 9.37. The van der Waals surface area contributed by atoms with Crippen LogP contribution in [0.5, 0.6) is 23.0 Å². The van der Waals surface area contributed by atoms with Crippen LogP contribution < -0.4 is 20.9 Å². The standard InChI is InChI=1S/C19H15N3O2/c20-12-13-6-5-11-18(23-16-9-3-1-7-14(16)21)19(13)24-17-10-4-2-8-15(17)22/h1-11H,21-22H2. The maximum absolute atomic E-state index is 9.37. The Balaban J connectivity index is 2.03. The number of nitrogens with zero attached hydrogens (tertiary/aromatic N) is 1. The van der Waals surface area contributed by atoms with E-state index < -0.39 is 0 Å². The Morgan fingerprint density at radius 2 is 1.21 bits per heavy atom. The average molecular weight is 317 g/mol. The topological polar surface area (TPSA) is 94.3 Å². The van der Waals surface area contributed by atoms with Crippen molar-refractivity contribution in [3.63, 3.8) is 0 Å². The van der Waals surface area contributed by atoms with Gasteiger partial charge in [0.05, 0.1) is 16.9 Å². The Kier molecular flexibility index (Phi) is 4.21. The summed E-state index contributed by atoms with van der Waals surface area (Å²) in [6.07, 6.45) is 0.